The summed E-state index contributed by atoms with van der Waals surface area (Å²) in [6, 6.07) is 8.30. The second-order valence-electron chi connectivity index (χ2n) is 5.30. The van der Waals surface area contributed by atoms with E-state index in [2.05, 4.69) is 45.0 Å². The van der Waals surface area contributed by atoms with Gasteiger partial charge >= 0.3 is 0 Å². The second kappa shape index (κ2) is 5.72. The number of para-hydroxylation sites is 2. The topological polar surface area (TPSA) is 33.1 Å². The molecule has 0 bridgehead atoms. The molecular weight excluding hydrogens is 236 g/mol. The fourth-order valence-electron chi connectivity index (χ4n) is 2.80. The molecule has 4 nitrogen and oxygen atoms in total. The first-order valence-electron chi connectivity index (χ1n) is 7.18. The Labute approximate surface area is 114 Å². The molecule has 4 heteroatoms. The number of aromatic nitrogens is 2. The number of hydrogen-bond donors (Lipinski definition) is 1. The average molecular weight is 258 g/mol. The van der Waals surface area contributed by atoms with Crippen LogP contribution in [0.15, 0.2) is 24.3 Å². The molecule has 19 heavy (non-hydrogen) atoms. The minimum Gasteiger partial charge on any atom is -0.330 e. The van der Waals surface area contributed by atoms with Crippen molar-refractivity contribution in [3.8, 4) is 0 Å². The first-order chi connectivity index (χ1) is 9.34. The van der Waals surface area contributed by atoms with E-state index in [1.165, 1.54) is 31.4 Å². The predicted molar refractivity (Wildman–Crippen MR) is 78.1 cm³/mol. The quantitative estimate of drug-likeness (QED) is 0.830. The molecule has 1 aromatic heterocycles. The Balaban J connectivity index is 1.54. The van der Waals surface area contributed by atoms with Gasteiger partial charge in [-0.25, -0.2) is 4.98 Å². The summed E-state index contributed by atoms with van der Waals surface area (Å²) >= 11 is 0. The van der Waals surface area contributed by atoms with Gasteiger partial charge in [-0.05, 0) is 38.1 Å². The number of benzene rings is 1. The van der Waals surface area contributed by atoms with Crippen LogP contribution in [-0.2, 0) is 13.6 Å². The SMILES string of the molecule is Cn1c(CNCCN2CCCC2)nc2ccccc21. The molecule has 0 unspecified atom stereocenters. The number of hydrogen-bond acceptors (Lipinski definition) is 3. The van der Waals surface area contributed by atoms with E-state index in [-0.39, 0.29) is 0 Å². The van der Waals surface area contributed by atoms with E-state index in [9.17, 15) is 0 Å². The summed E-state index contributed by atoms with van der Waals surface area (Å²) in [4.78, 5) is 7.20. The van der Waals surface area contributed by atoms with Gasteiger partial charge < -0.3 is 14.8 Å². The van der Waals surface area contributed by atoms with Gasteiger partial charge in [0.2, 0.25) is 0 Å². The van der Waals surface area contributed by atoms with Crippen molar-refractivity contribution in [3.05, 3.63) is 30.1 Å². The van der Waals surface area contributed by atoms with E-state index in [0.29, 0.717) is 0 Å². The fraction of sp³-hybridized carbons (Fsp3) is 0.533. The maximum atomic E-state index is 4.67. The van der Waals surface area contributed by atoms with Crippen molar-refractivity contribution in [2.24, 2.45) is 7.05 Å². The molecule has 3 rings (SSSR count). The molecule has 2 heterocycles. The highest BCUT2D eigenvalue weighted by atomic mass is 15.2. The summed E-state index contributed by atoms with van der Waals surface area (Å²) in [5.74, 6) is 1.11. The second-order valence-corrected chi connectivity index (χ2v) is 5.30. The van der Waals surface area contributed by atoms with Gasteiger partial charge in [-0.1, -0.05) is 12.1 Å². The Kier molecular flexibility index (Phi) is 3.80. The molecule has 2 aromatic rings. The van der Waals surface area contributed by atoms with Gasteiger partial charge in [0.05, 0.1) is 17.6 Å². The van der Waals surface area contributed by atoms with Crippen molar-refractivity contribution in [1.29, 1.82) is 0 Å². The van der Waals surface area contributed by atoms with E-state index in [4.69, 9.17) is 0 Å². The van der Waals surface area contributed by atoms with Crippen LogP contribution in [-0.4, -0.2) is 40.6 Å². The highest BCUT2D eigenvalue weighted by Gasteiger charge is 2.10. The lowest BCUT2D eigenvalue weighted by atomic mass is 10.3. The van der Waals surface area contributed by atoms with Crippen LogP contribution in [0, 0.1) is 0 Å². The third-order valence-corrected chi connectivity index (χ3v) is 3.97. The van der Waals surface area contributed by atoms with Crippen LogP contribution in [0.3, 0.4) is 0 Å². The van der Waals surface area contributed by atoms with Crippen molar-refractivity contribution >= 4 is 11.0 Å². The molecule has 0 spiro atoms. The summed E-state index contributed by atoms with van der Waals surface area (Å²) in [5, 5.41) is 3.51. The Morgan fingerprint density at radius 2 is 2.00 bits per heavy atom. The van der Waals surface area contributed by atoms with Crippen LogP contribution < -0.4 is 5.32 Å². The smallest absolute Gasteiger partial charge is 0.123 e. The number of fused-ring (bicyclic) bond motifs is 1. The van der Waals surface area contributed by atoms with Crippen LogP contribution in [0.25, 0.3) is 11.0 Å². The Morgan fingerprint density at radius 3 is 2.79 bits per heavy atom. The van der Waals surface area contributed by atoms with Gasteiger partial charge in [0, 0.05) is 20.1 Å². The Bertz CT molecular complexity index is 540. The highest BCUT2D eigenvalue weighted by molar-refractivity contribution is 5.75. The van der Waals surface area contributed by atoms with Gasteiger partial charge in [-0.3, -0.25) is 0 Å². The number of aryl methyl sites for hydroxylation is 1. The van der Waals surface area contributed by atoms with Crippen molar-refractivity contribution in [2.45, 2.75) is 19.4 Å². The largest absolute Gasteiger partial charge is 0.330 e. The van der Waals surface area contributed by atoms with Crippen molar-refractivity contribution in [3.63, 3.8) is 0 Å². The molecule has 1 N–H and O–H groups in total. The van der Waals surface area contributed by atoms with Crippen LogP contribution >= 0.6 is 0 Å². The van der Waals surface area contributed by atoms with E-state index >= 15 is 0 Å². The van der Waals surface area contributed by atoms with Crippen LogP contribution in [0.4, 0.5) is 0 Å². The summed E-state index contributed by atoms with van der Waals surface area (Å²) in [7, 11) is 2.09. The zero-order chi connectivity index (χ0) is 13.1. The average Bonchev–Trinajstić information content (AvgIpc) is 3.04. The van der Waals surface area contributed by atoms with E-state index in [0.717, 1.165) is 31.0 Å². The lowest BCUT2D eigenvalue weighted by Gasteiger charge is -2.14. The van der Waals surface area contributed by atoms with Gasteiger partial charge in [-0.15, -0.1) is 0 Å². The minimum atomic E-state index is 0.846. The highest BCUT2D eigenvalue weighted by Crippen LogP contribution is 2.13. The molecule has 1 aliphatic rings. The fourth-order valence-corrected chi connectivity index (χ4v) is 2.80. The normalized spacial score (nSPS) is 16.5. The molecule has 102 valence electrons. The summed E-state index contributed by atoms with van der Waals surface area (Å²) in [6.07, 6.45) is 2.73. The summed E-state index contributed by atoms with van der Waals surface area (Å²) < 4.78 is 2.18. The number of likely N-dealkylation sites (tertiary alicyclic amines) is 1. The van der Waals surface area contributed by atoms with Crippen LogP contribution in [0.2, 0.25) is 0 Å². The monoisotopic (exact) mass is 258 g/mol. The lowest BCUT2D eigenvalue weighted by molar-refractivity contribution is 0.335. The lowest BCUT2D eigenvalue weighted by Crippen LogP contribution is -2.30. The van der Waals surface area contributed by atoms with Crippen LogP contribution in [0.1, 0.15) is 18.7 Å². The van der Waals surface area contributed by atoms with Crippen molar-refractivity contribution < 1.29 is 0 Å². The number of nitrogens with one attached hydrogen (secondary N) is 1. The van der Waals surface area contributed by atoms with Gasteiger partial charge in [0.15, 0.2) is 0 Å². The zero-order valence-electron chi connectivity index (χ0n) is 11.6. The molecule has 0 radical (unpaired) electrons. The Morgan fingerprint density at radius 1 is 1.21 bits per heavy atom. The van der Waals surface area contributed by atoms with Crippen molar-refractivity contribution in [2.75, 3.05) is 26.2 Å². The first-order valence-corrected chi connectivity index (χ1v) is 7.18. The minimum absolute atomic E-state index is 0.846. The molecule has 0 aliphatic carbocycles. The van der Waals surface area contributed by atoms with E-state index in [1.807, 2.05) is 6.07 Å². The molecule has 0 amide bonds. The summed E-state index contributed by atoms with van der Waals surface area (Å²) in [6.45, 7) is 5.59. The van der Waals surface area contributed by atoms with Gasteiger partial charge in [-0.2, -0.15) is 0 Å². The standard InChI is InChI=1S/C15H22N4/c1-18-14-7-3-2-6-13(14)17-15(18)12-16-8-11-19-9-4-5-10-19/h2-3,6-7,16H,4-5,8-12H2,1H3. The number of nitrogens with zero attached hydrogens (tertiary/aromatic N) is 3. The number of rotatable bonds is 5. The van der Waals surface area contributed by atoms with E-state index in [1.54, 1.807) is 0 Å². The molecule has 1 saturated heterocycles. The first kappa shape index (κ1) is 12.6. The van der Waals surface area contributed by atoms with Crippen molar-refractivity contribution in [1.82, 2.24) is 19.8 Å². The molecule has 0 atom stereocenters. The maximum absolute atomic E-state index is 4.67. The Hall–Kier alpha value is -1.39. The molecule has 0 saturated carbocycles. The molecule has 1 fully saturated rings. The summed E-state index contributed by atoms with van der Waals surface area (Å²) in [5.41, 5.74) is 2.29. The third-order valence-electron chi connectivity index (χ3n) is 3.97. The third kappa shape index (κ3) is 2.80. The predicted octanol–water partition coefficient (Wildman–Crippen LogP) is 1.76. The van der Waals surface area contributed by atoms with Crippen LogP contribution in [0.5, 0.6) is 0 Å². The van der Waals surface area contributed by atoms with E-state index < -0.39 is 0 Å². The number of imidazole rings is 1. The molecular formula is C15H22N4. The maximum Gasteiger partial charge on any atom is 0.123 e. The molecule has 1 aromatic carbocycles. The van der Waals surface area contributed by atoms with Gasteiger partial charge in [0.1, 0.15) is 5.82 Å². The zero-order valence-corrected chi connectivity index (χ0v) is 11.6. The molecule has 1 aliphatic heterocycles. The van der Waals surface area contributed by atoms with Gasteiger partial charge in [0.25, 0.3) is 0 Å².